The number of nitrogens with zero attached hydrogens (tertiary/aromatic N) is 2. The number of amides is 3. The quantitative estimate of drug-likeness (QED) is 0.665. The second-order valence-corrected chi connectivity index (χ2v) is 9.69. The Morgan fingerprint density at radius 1 is 1.03 bits per heavy atom. The highest BCUT2D eigenvalue weighted by atomic mass is 35.5. The van der Waals surface area contributed by atoms with E-state index in [1.54, 1.807) is 18.2 Å². The van der Waals surface area contributed by atoms with E-state index in [0.717, 1.165) is 24.0 Å². The lowest BCUT2D eigenvalue weighted by Gasteiger charge is -2.36. The summed E-state index contributed by atoms with van der Waals surface area (Å²) in [4.78, 5) is 44.4. The van der Waals surface area contributed by atoms with Gasteiger partial charge in [0.2, 0.25) is 17.7 Å². The molecule has 1 N–H and O–H groups in total. The minimum atomic E-state index is -1.17. The van der Waals surface area contributed by atoms with Gasteiger partial charge in [-0.25, -0.2) is 4.90 Å². The van der Waals surface area contributed by atoms with Crippen LogP contribution in [0.3, 0.4) is 0 Å². The van der Waals surface area contributed by atoms with Gasteiger partial charge in [0.05, 0.1) is 17.5 Å². The van der Waals surface area contributed by atoms with Crippen molar-refractivity contribution < 1.29 is 14.4 Å². The topological polar surface area (TPSA) is 69.7 Å². The van der Waals surface area contributed by atoms with Gasteiger partial charge < -0.3 is 5.32 Å². The second kappa shape index (κ2) is 6.31. The molecule has 8 heteroatoms. The summed E-state index contributed by atoms with van der Waals surface area (Å²) in [5.74, 6) is -2.24. The fourth-order valence-corrected chi connectivity index (χ4v) is 6.75. The van der Waals surface area contributed by atoms with E-state index in [4.69, 9.17) is 23.2 Å². The van der Waals surface area contributed by atoms with Crippen molar-refractivity contribution >= 4 is 52.3 Å². The van der Waals surface area contributed by atoms with Gasteiger partial charge in [0.25, 0.3) is 0 Å². The first-order chi connectivity index (χ1) is 14.8. The monoisotopic (exact) mass is 455 g/mol. The molecule has 4 heterocycles. The fourth-order valence-electron chi connectivity index (χ4n) is 6.24. The van der Waals surface area contributed by atoms with Gasteiger partial charge >= 0.3 is 0 Å². The molecule has 4 atom stereocenters. The van der Waals surface area contributed by atoms with Crippen LogP contribution in [0.25, 0.3) is 0 Å². The molecule has 0 aliphatic carbocycles. The van der Waals surface area contributed by atoms with Crippen LogP contribution in [0.2, 0.25) is 10.0 Å². The number of rotatable bonds is 1. The van der Waals surface area contributed by atoms with Crippen molar-refractivity contribution in [3.8, 4) is 0 Å². The summed E-state index contributed by atoms with van der Waals surface area (Å²) in [5.41, 5.74) is 1.70. The van der Waals surface area contributed by atoms with Gasteiger partial charge in [-0.05, 0) is 50.6 Å². The Hall–Kier alpha value is -2.41. The molecule has 0 bridgehead atoms. The molecule has 0 aromatic heterocycles. The van der Waals surface area contributed by atoms with Crippen molar-refractivity contribution in [3.63, 3.8) is 0 Å². The Kier molecular flexibility index (Phi) is 3.93. The number of aryl methyl sites for hydroxylation is 1. The summed E-state index contributed by atoms with van der Waals surface area (Å²) >= 11 is 12.3. The molecule has 6 rings (SSSR count). The van der Waals surface area contributed by atoms with Crippen LogP contribution in [0.4, 0.5) is 11.4 Å². The number of halogens is 2. The maximum atomic E-state index is 13.9. The molecule has 0 radical (unpaired) electrons. The van der Waals surface area contributed by atoms with E-state index in [9.17, 15) is 14.4 Å². The molecule has 0 saturated carbocycles. The first-order valence-electron chi connectivity index (χ1n) is 10.4. The number of fused-ring (bicyclic) bond motifs is 7. The molecule has 3 saturated heterocycles. The number of carbonyl (C=O) groups excluding carboxylic acids is 3. The van der Waals surface area contributed by atoms with E-state index in [1.165, 1.54) is 4.90 Å². The molecule has 2 aromatic rings. The zero-order chi connectivity index (χ0) is 21.7. The molecular formula is C23H19Cl2N3O3. The largest absolute Gasteiger partial charge is 0.324 e. The zero-order valence-electron chi connectivity index (χ0n) is 16.7. The van der Waals surface area contributed by atoms with Crippen LogP contribution in [-0.2, 0) is 19.9 Å². The molecule has 158 valence electrons. The Labute approximate surface area is 189 Å². The van der Waals surface area contributed by atoms with Crippen molar-refractivity contribution in [2.45, 2.75) is 31.3 Å². The molecule has 4 aliphatic heterocycles. The summed E-state index contributed by atoms with van der Waals surface area (Å²) in [7, 11) is 0. The summed E-state index contributed by atoms with van der Waals surface area (Å²) < 4.78 is 0. The van der Waals surface area contributed by atoms with Gasteiger partial charge in [-0.1, -0.05) is 40.9 Å². The van der Waals surface area contributed by atoms with Crippen LogP contribution in [-0.4, -0.2) is 35.2 Å². The first-order valence-corrected chi connectivity index (χ1v) is 11.1. The lowest BCUT2D eigenvalue weighted by molar-refractivity contribution is -0.135. The Bertz CT molecular complexity index is 1180. The molecule has 3 fully saturated rings. The summed E-state index contributed by atoms with van der Waals surface area (Å²) in [6.45, 7) is 2.65. The molecule has 2 aromatic carbocycles. The van der Waals surface area contributed by atoms with Crippen LogP contribution in [0, 0.1) is 18.8 Å². The number of anilines is 2. The highest BCUT2D eigenvalue weighted by Crippen LogP contribution is 2.60. The lowest BCUT2D eigenvalue weighted by atomic mass is 9.75. The number of nitrogens with one attached hydrogen (secondary N) is 1. The van der Waals surface area contributed by atoms with Crippen molar-refractivity contribution in [1.82, 2.24) is 4.90 Å². The minimum Gasteiger partial charge on any atom is -0.324 e. The third-order valence-corrected chi connectivity index (χ3v) is 7.69. The zero-order valence-corrected chi connectivity index (χ0v) is 18.2. The Morgan fingerprint density at radius 2 is 1.77 bits per heavy atom. The maximum absolute atomic E-state index is 13.9. The average Bonchev–Trinajstić information content (AvgIpc) is 3.39. The van der Waals surface area contributed by atoms with Gasteiger partial charge in [-0.2, -0.15) is 0 Å². The van der Waals surface area contributed by atoms with Crippen molar-refractivity contribution in [2.75, 3.05) is 16.8 Å². The molecular weight excluding hydrogens is 437 g/mol. The van der Waals surface area contributed by atoms with Gasteiger partial charge in [0.1, 0.15) is 5.54 Å². The number of hydrogen-bond acceptors (Lipinski definition) is 4. The van der Waals surface area contributed by atoms with Crippen LogP contribution >= 0.6 is 23.2 Å². The number of imide groups is 1. The predicted molar refractivity (Wildman–Crippen MR) is 117 cm³/mol. The fraction of sp³-hybridized carbons (Fsp3) is 0.348. The van der Waals surface area contributed by atoms with Gasteiger partial charge in [0, 0.05) is 27.3 Å². The van der Waals surface area contributed by atoms with E-state index in [-0.39, 0.29) is 23.8 Å². The van der Waals surface area contributed by atoms with Gasteiger partial charge in [-0.3, -0.25) is 19.3 Å². The molecule has 31 heavy (non-hydrogen) atoms. The Morgan fingerprint density at radius 3 is 2.52 bits per heavy atom. The predicted octanol–water partition coefficient (Wildman–Crippen LogP) is 3.73. The first kappa shape index (κ1) is 19.3. The standard InChI is InChI=1S/C23H19Cl2N3O3/c1-11-4-5-16-15(7-11)23(22(31)26-16)19-18(17-3-2-6-27(17)23)20(29)28(21(19)30)14-9-12(24)8-13(25)10-14/h4-5,7-10,17-19H,2-3,6H2,1H3,(H,26,31)/t17-,18+,19+,23-/m1/s1. The van der Waals surface area contributed by atoms with E-state index in [2.05, 4.69) is 10.2 Å². The van der Waals surface area contributed by atoms with Crippen LogP contribution < -0.4 is 10.2 Å². The lowest BCUT2D eigenvalue weighted by Crippen LogP contribution is -2.54. The Balaban J connectivity index is 1.57. The highest BCUT2D eigenvalue weighted by molar-refractivity contribution is 6.36. The van der Waals surface area contributed by atoms with Crippen LogP contribution in [0.5, 0.6) is 0 Å². The van der Waals surface area contributed by atoms with E-state index >= 15 is 0 Å². The second-order valence-electron chi connectivity index (χ2n) is 8.82. The molecule has 1 spiro atoms. The minimum absolute atomic E-state index is 0.154. The number of benzene rings is 2. The van der Waals surface area contributed by atoms with Gasteiger partial charge in [0.15, 0.2) is 0 Å². The normalized spacial score (nSPS) is 31.4. The molecule has 4 aliphatic rings. The SMILES string of the molecule is Cc1ccc2c(c1)[C@]1(C(=O)N2)[C@@H]2C(=O)N(c3cc(Cl)cc(Cl)c3)C(=O)[C@H]2[C@H]2CCCN21. The van der Waals surface area contributed by atoms with E-state index in [1.807, 2.05) is 25.1 Å². The third kappa shape index (κ3) is 2.30. The summed E-state index contributed by atoms with van der Waals surface area (Å²) in [6, 6.07) is 10.3. The van der Waals surface area contributed by atoms with Crippen molar-refractivity contribution in [2.24, 2.45) is 11.8 Å². The average molecular weight is 456 g/mol. The van der Waals surface area contributed by atoms with Crippen molar-refractivity contribution in [3.05, 3.63) is 57.6 Å². The summed E-state index contributed by atoms with van der Waals surface area (Å²) in [6.07, 6.45) is 1.66. The van der Waals surface area contributed by atoms with Crippen LogP contribution in [0.1, 0.15) is 24.0 Å². The van der Waals surface area contributed by atoms with E-state index < -0.39 is 17.4 Å². The van der Waals surface area contributed by atoms with Gasteiger partial charge in [-0.15, -0.1) is 0 Å². The summed E-state index contributed by atoms with van der Waals surface area (Å²) in [5, 5.41) is 3.67. The van der Waals surface area contributed by atoms with E-state index in [0.29, 0.717) is 28.0 Å². The van der Waals surface area contributed by atoms with Crippen molar-refractivity contribution in [1.29, 1.82) is 0 Å². The molecule has 6 nitrogen and oxygen atoms in total. The molecule has 0 unspecified atom stereocenters. The highest BCUT2D eigenvalue weighted by Gasteiger charge is 2.74. The maximum Gasteiger partial charge on any atom is 0.250 e. The number of carbonyl (C=O) groups is 3. The third-order valence-electron chi connectivity index (χ3n) is 7.25. The number of hydrogen-bond donors (Lipinski definition) is 1. The molecule has 3 amide bonds. The van der Waals surface area contributed by atoms with Crippen LogP contribution in [0.15, 0.2) is 36.4 Å². The smallest absolute Gasteiger partial charge is 0.250 e.